The number of aromatic nitrogens is 4. The summed E-state index contributed by atoms with van der Waals surface area (Å²) >= 11 is 1.52. The van der Waals surface area contributed by atoms with Crippen LogP contribution in [0.5, 0.6) is 5.88 Å². The maximum Gasteiger partial charge on any atom is 0.241 e. The van der Waals surface area contributed by atoms with Gasteiger partial charge < -0.3 is 25.8 Å². The van der Waals surface area contributed by atoms with E-state index in [9.17, 15) is 9.90 Å². The number of fused-ring (bicyclic) bond motifs is 1. The molecule has 2 aliphatic rings. The van der Waals surface area contributed by atoms with E-state index >= 15 is 0 Å². The van der Waals surface area contributed by atoms with Gasteiger partial charge in [-0.2, -0.15) is 5.10 Å². The minimum Gasteiger partial charge on any atom is -0.479 e. The predicted molar refractivity (Wildman–Crippen MR) is 147 cm³/mol. The number of aliphatic hydroxyl groups is 1. The quantitative estimate of drug-likeness (QED) is 0.327. The van der Waals surface area contributed by atoms with Gasteiger partial charge in [-0.25, -0.2) is 4.52 Å². The van der Waals surface area contributed by atoms with Gasteiger partial charge in [-0.15, -0.1) is 16.4 Å². The summed E-state index contributed by atoms with van der Waals surface area (Å²) in [5.74, 6) is 0.418. The molecule has 5 heterocycles. The van der Waals surface area contributed by atoms with Crippen molar-refractivity contribution in [3.63, 3.8) is 0 Å². The number of hydrogen-bond acceptors (Lipinski definition) is 9. The molecule has 0 saturated carbocycles. The van der Waals surface area contributed by atoms with Gasteiger partial charge in [-0.3, -0.25) is 14.4 Å². The van der Waals surface area contributed by atoms with Crippen LogP contribution in [0.4, 0.5) is 0 Å². The van der Waals surface area contributed by atoms with E-state index in [0.717, 1.165) is 39.6 Å². The van der Waals surface area contributed by atoms with Crippen LogP contribution in [0.2, 0.25) is 0 Å². The average molecular weight is 539 g/mol. The highest BCUT2D eigenvalue weighted by atomic mass is 32.1. The van der Waals surface area contributed by atoms with E-state index in [1.807, 2.05) is 25.4 Å². The van der Waals surface area contributed by atoms with Gasteiger partial charge in [0.25, 0.3) is 0 Å². The van der Waals surface area contributed by atoms with Crippen LogP contribution in [-0.4, -0.2) is 68.1 Å². The van der Waals surface area contributed by atoms with Gasteiger partial charge in [0.2, 0.25) is 11.8 Å². The fourth-order valence-electron chi connectivity index (χ4n) is 4.99. The largest absolute Gasteiger partial charge is 0.479 e. The number of carbonyl (C=O) groups excluding carboxylic acids is 1. The van der Waals surface area contributed by atoms with Crippen LogP contribution in [0.1, 0.15) is 32.0 Å². The Bertz CT molecular complexity index is 1450. The van der Waals surface area contributed by atoms with Crippen molar-refractivity contribution in [3.8, 4) is 16.3 Å². The standard InChI is InChI=1S/C26H34N8O3S/c1-15(29-19-7-17(8-27-16(19)2)30-22(36)11-33-13-26(3,4)14-33)18-9-28-34-10-21(38-25(18)34)23-20(12-35)32(5)31-24(23)37-6/h7-10,16,27,29,35H,1,11-14H2,2-6H3,(H,30,36). The smallest absolute Gasteiger partial charge is 0.241 e. The molecule has 0 bridgehead atoms. The van der Waals surface area contributed by atoms with Crippen LogP contribution < -0.4 is 20.7 Å². The minimum atomic E-state index is -0.162. The number of rotatable bonds is 9. The summed E-state index contributed by atoms with van der Waals surface area (Å²) in [6.45, 7) is 12.8. The van der Waals surface area contributed by atoms with Gasteiger partial charge in [0, 0.05) is 43.9 Å². The molecule has 1 unspecified atom stereocenters. The zero-order valence-electron chi connectivity index (χ0n) is 22.3. The Morgan fingerprint density at radius 2 is 2.13 bits per heavy atom. The summed E-state index contributed by atoms with van der Waals surface area (Å²) in [7, 11) is 3.34. The fourth-order valence-corrected chi connectivity index (χ4v) is 6.14. The first-order valence-corrected chi connectivity index (χ1v) is 13.2. The van der Waals surface area contributed by atoms with Crippen molar-refractivity contribution in [2.45, 2.75) is 33.4 Å². The molecule has 4 N–H and O–H groups in total. The summed E-state index contributed by atoms with van der Waals surface area (Å²) in [6, 6.07) is 0.000289. The summed E-state index contributed by atoms with van der Waals surface area (Å²) in [4.78, 5) is 16.5. The number of ether oxygens (including phenoxy) is 1. The van der Waals surface area contributed by atoms with Crippen LogP contribution in [0.15, 0.2) is 42.6 Å². The number of nitrogens with one attached hydrogen (secondary N) is 3. The molecule has 1 fully saturated rings. The number of amides is 1. The number of carbonyl (C=O) groups is 1. The SMILES string of the molecule is C=C(NC1=CC(NC(=O)CN2CC(C)(C)C2)=CNC1C)c1cnn2cc(-c3c(OC)nn(C)c3CO)sc12. The molecule has 0 aliphatic carbocycles. The van der Waals surface area contributed by atoms with Gasteiger partial charge in [0.15, 0.2) is 0 Å². The molecule has 0 radical (unpaired) electrons. The first-order valence-electron chi connectivity index (χ1n) is 12.4. The van der Waals surface area contributed by atoms with Crippen molar-refractivity contribution in [1.82, 2.24) is 40.2 Å². The zero-order chi connectivity index (χ0) is 27.2. The van der Waals surface area contributed by atoms with Gasteiger partial charge in [0.1, 0.15) is 4.83 Å². The third kappa shape index (κ3) is 4.94. The maximum atomic E-state index is 12.6. The minimum absolute atomic E-state index is 0.000289. The van der Waals surface area contributed by atoms with Crippen molar-refractivity contribution < 1.29 is 14.6 Å². The fraction of sp³-hybridized carbons (Fsp3) is 0.423. The third-order valence-electron chi connectivity index (χ3n) is 6.76. The monoisotopic (exact) mass is 538 g/mol. The number of hydrogen-bond donors (Lipinski definition) is 4. The van der Waals surface area contributed by atoms with E-state index in [0.29, 0.717) is 29.5 Å². The zero-order valence-corrected chi connectivity index (χ0v) is 23.1. The summed E-state index contributed by atoms with van der Waals surface area (Å²) in [6.07, 6.45) is 7.42. The highest BCUT2D eigenvalue weighted by molar-refractivity contribution is 7.21. The number of aryl methyl sites for hydroxylation is 1. The van der Waals surface area contributed by atoms with Crippen molar-refractivity contribution in [2.75, 3.05) is 26.7 Å². The lowest BCUT2D eigenvalue weighted by molar-refractivity contribution is -0.124. The number of likely N-dealkylation sites (tertiary alicyclic amines) is 1. The highest BCUT2D eigenvalue weighted by Crippen LogP contribution is 2.39. The van der Waals surface area contributed by atoms with E-state index in [-0.39, 0.29) is 24.0 Å². The van der Waals surface area contributed by atoms with Crippen LogP contribution in [0.25, 0.3) is 21.0 Å². The number of aliphatic hydroxyl groups excluding tert-OH is 1. The molecule has 1 amide bonds. The molecule has 3 aromatic rings. The lowest BCUT2D eigenvalue weighted by atomic mass is 9.84. The topological polar surface area (TPSA) is 121 Å². The Kier molecular flexibility index (Phi) is 6.80. The van der Waals surface area contributed by atoms with Crippen molar-refractivity contribution in [1.29, 1.82) is 0 Å². The van der Waals surface area contributed by atoms with Gasteiger partial charge in [0.05, 0.1) is 59.9 Å². The Hall–Kier alpha value is -3.61. The molecular formula is C26H34N8O3S. The van der Waals surface area contributed by atoms with Crippen LogP contribution in [0, 0.1) is 5.41 Å². The first kappa shape index (κ1) is 26.0. The van der Waals surface area contributed by atoms with E-state index in [1.165, 1.54) is 11.3 Å². The van der Waals surface area contributed by atoms with E-state index in [4.69, 9.17) is 4.74 Å². The molecule has 0 aromatic carbocycles. The number of dihydropyridines is 1. The van der Waals surface area contributed by atoms with Crippen LogP contribution in [-0.2, 0) is 18.4 Å². The molecule has 0 spiro atoms. The molecule has 202 valence electrons. The van der Waals surface area contributed by atoms with Crippen molar-refractivity contribution >= 4 is 27.8 Å². The van der Waals surface area contributed by atoms with Gasteiger partial charge >= 0.3 is 0 Å². The van der Waals surface area contributed by atoms with Crippen LogP contribution >= 0.6 is 11.3 Å². The molecule has 2 aliphatic heterocycles. The number of methoxy groups -OCH3 is 1. The predicted octanol–water partition coefficient (Wildman–Crippen LogP) is 2.03. The molecule has 11 nitrogen and oxygen atoms in total. The lowest BCUT2D eigenvalue weighted by Gasteiger charge is -2.45. The summed E-state index contributed by atoms with van der Waals surface area (Å²) in [5, 5.41) is 28.5. The Morgan fingerprint density at radius 3 is 2.82 bits per heavy atom. The highest BCUT2D eigenvalue weighted by Gasteiger charge is 2.35. The van der Waals surface area contributed by atoms with Gasteiger partial charge in [-0.1, -0.05) is 20.4 Å². The summed E-state index contributed by atoms with van der Waals surface area (Å²) in [5.41, 5.74) is 4.81. The average Bonchev–Trinajstić information content (AvgIpc) is 3.51. The Labute approximate surface area is 225 Å². The molecular weight excluding hydrogens is 504 g/mol. The normalized spacial score (nSPS) is 18.8. The molecule has 1 saturated heterocycles. The second-order valence-corrected chi connectivity index (χ2v) is 11.6. The second kappa shape index (κ2) is 9.93. The molecule has 5 rings (SSSR count). The number of allylic oxidation sites excluding steroid dienone is 1. The molecule has 3 aromatic heterocycles. The maximum absolute atomic E-state index is 12.6. The number of thiazole rings is 1. The Morgan fingerprint density at radius 1 is 1.37 bits per heavy atom. The first-order chi connectivity index (χ1) is 18.1. The van der Waals surface area contributed by atoms with Crippen molar-refractivity contribution in [3.05, 3.63) is 53.9 Å². The lowest BCUT2D eigenvalue weighted by Crippen LogP contribution is -2.55. The summed E-state index contributed by atoms with van der Waals surface area (Å²) < 4.78 is 8.86. The Balaban J connectivity index is 1.31. The van der Waals surface area contributed by atoms with E-state index in [2.05, 4.69) is 51.5 Å². The molecule has 1 atom stereocenters. The third-order valence-corrected chi connectivity index (χ3v) is 7.89. The molecule has 12 heteroatoms. The second-order valence-electron chi connectivity index (χ2n) is 10.6. The van der Waals surface area contributed by atoms with E-state index in [1.54, 1.807) is 29.6 Å². The van der Waals surface area contributed by atoms with Crippen LogP contribution in [0.3, 0.4) is 0 Å². The molecule has 38 heavy (non-hydrogen) atoms. The van der Waals surface area contributed by atoms with Gasteiger partial charge in [-0.05, 0) is 18.4 Å². The number of nitrogens with zero attached hydrogens (tertiary/aromatic N) is 5. The van der Waals surface area contributed by atoms with E-state index < -0.39 is 0 Å². The van der Waals surface area contributed by atoms with Crippen molar-refractivity contribution in [2.24, 2.45) is 12.5 Å².